The van der Waals surface area contributed by atoms with Crippen LogP contribution in [0.3, 0.4) is 0 Å². The highest BCUT2D eigenvalue weighted by molar-refractivity contribution is 9.10. The van der Waals surface area contributed by atoms with Gasteiger partial charge in [0.2, 0.25) is 5.28 Å². The minimum atomic E-state index is -4.97. The largest absolute Gasteiger partial charge is 0.573 e. The van der Waals surface area contributed by atoms with Crippen molar-refractivity contribution < 1.29 is 22.3 Å². The number of halogens is 7. The zero-order valence-electron chi connectivity index (χ0n) is 8.53. The highest BCUT2D eigenvalue weighted by Crippen LogP contribution is 2.38. The number of alkyl halides is 3. The molecule has 2 aromatic rings. The van der Waals surface area contributed by atoms with Gasteiger partial charge in [-0.1, -0.05) is 11.6 Å². The van der Waals surface area contributed by atoms with Gasteiger partial charge < -0.3 is 4.74 Å². The second-order valence-electron chi connectivity index (χ2n) is 3.23. The summed E-state index contributed by atoms with van der Waals surface area (Å²) >= 11 is 13.8. The molecule has 0 saturated carbocycles. The number of benzene rings is 1. The fourth-order valence-electron chi connectivity index (χ4n) is 1.32. The predicted octanol–water partition coefficient (Wildman–Crippen LogP) is 4.74. The zero-order valence-corrected chi connectivity index (χ0v) is 11.6. The van der Waals surface area contributed by atoms with Gasteiger partial charge in [-0.2, -0.15) is 0 Å². The van der Waals surface area contributed by atoms with Crippen LogP contribution in [0.25, 0.3) is 10.9 Å². The second kappa shape index (κ2) is 4.92. The van der Waals surface area contributed by atoms with Crippen LogP contribution in [0.5, 0.6) is 5.75 Å². The van der Waals surface area contributed by atoms with E-state index in [9.17, 15) is 17.6 Å². The van der Waals surface area contributed by atoms with Crippen molar-refractivity contribution in [3.63, 3.8) is 0 Å². The number of hydrogen-bond acceptors (Lipinski definition) is 3. The molecule has 0 bridgehead atoms. The Kier molecular flexibility index (Phi) is 3.76. The third kappa shape index (κ3) is 3.01. The summed E-state index contributed by atoms with van der Waals surface area (Å²) in [5, 5.41) is -0.757. The first-order chi connectivity index (χ1) is 8.69. The standard InChI is InChI=1S/C9HBrCl2F4N2O/c10-4-3(19-9(14,15)16)1-2-6(5(4)13)17-8(12)18-7(2)11/h1H. The van der Waals surface area contributed by atoms with Gasteiger partial charge in [0, 0.05) is 5.39 Å². The van der Waals surface area contributed by atoms with Gasteiger partial charge in [-0.15, -0.1) is 13.2 Å². The first-order valence-electron chi connectivity index (χ1n) is 4.45. The van der Waals surface area contributed by atoms with Crippen molar-refractivity contribution in [2.45, 2.75) is 6.36 Å². The highest BCUT2D eigenvalue weighted by Gasteiger charge is 2.33. The van der Waals surface area contributed by atoms with Gasteiger partial charge in [0.15, 0.2) is 5.82 Å². The average Bonchev–Trinajstić information content (AvgIpc) is 2.25. The Hall–Kier alpha value is -0.860. The molecule has 3 nitrogen and oxygen atoms in total. The van der Waals surface area contributed by atoms with E-state index >= 15 is 0 Å². The van der Waals surface area contributed by atoms with E-state index in [0.717, 1.165) is 6.07 Å². The van der Waals surface area contributed by atoms with Crippen molar-refractivity contribution in [2.75, 3.05) is 0 Å². The average molecular weight is 380 g/mol. The van der Waals surface area contributed by atoms with E-state index in [0.29, 0.717) is 0 Å². The lowest BCUT2D eigenvalue weighted by Crippen LogP contribution is -2.17. The lowest BCUT2D eigenvalue weighted by Gasteiger charge is -2.12. The van der Waals surface area contributed by atoms with Crippen LogP contribution >= 0.6 is 39.1 Å². The molecule has 0 amide bonds. The van der Waals surface area contributed by atoms with Crippen LogP contribution in [0.4, 0.5) is 17.6 Å². The predicted molar refractivity (Wildman–Crippen MR) is 63.9 cm³/mol. The quantitative estimate of drug-likeness (QED) is 0.408. The minimum absolute atomic E-state index is 0.147. The van der Waals surface area contributed by atoms with Crippen molar-refractivity contribution in [2.24, 2.45) is 0 Å². The molecule has 0 fully saturated rings. The van der Waals surface area contributed by atoms with Crippen LogP contribution in [0.2, 0.25) is 10.4 Å². The van der Waals surface area contributed by atoms with Crippen molar-refractivity contribution in [1.29, 1.82) is 0 Å². The Labute approximate surface area is 121 Å². The molecular formula is C9HBrCl2F4N2O. The smallest absolute Gasteiger partial charge is 0.404 e. The Balaban J connectivity index is 2.73. The summed E-state index contributed by atoms with van der Waals surface area (Å²) < 4.78 is 53.5. The number of ether oxygens (including phenoxy) is 1. The summed E-state index contributed by atoms with van der Waals surface area (Å²) in [6, 6.07) is 0.870. The summed E-state index contributed by atoms with van der Waals surface area (Å²) in [5.74, 6) is -1.87. The Bertz CT molecular complexity index is 665. The van der Waals surface area contributed by atoms with E-state index in [2.05, 4.69) is 30.6 Å². The Morgan fingerprint density at radius 1 is 1.21 bits per heavy atom. The van der Waals surface area contributed by atoms with E-state index < -0.39 is 22.4 Å². The molecule has 0 unspecified atom stereocenters. The number of nitrogens with zero attached hydrogens (tertiary/aromatic N) is 2. The fourth-order valence-corrected chi connectivity index (χ4v) is 2.14. The van der Waals surface area contributed by atoms with Crippen molar-refractivity contribution in [3.05, 3.63) is 26.8 Å². The van der Waals surface area contributed by atoms with Crippen LogP contribution in [-0.2, 0) is 0 Å². The van der Waals surface area contributed by atoms with Crippen LogP contribution in [0, 0.1) is 5.82 Å². The molecule has 0 radical (unpaired) electrons. The molecular weight excluding hydrogens is 379 g/mol. The Morgan fingerprint density at radius 3 is 2.42 bits per heavy atom. The van der Waals surface area contributed by atoms with E-state index in [1.54, 1.807) is 0 Å². The highest BCUT2D eigenvalue weighted by atomic mass is 79.9. The van der Waals surface area contributed by atoms with Gasteiger partial charge in [-0.05, 0) is 33.6 Å². The van der Waals surface area contributed by atoms with Crippen LogP contribution in [0.15, 0.2) is 10.5 Å². The normalized spacial score (nSPS) is 11.9. The number of hydrogen-bond donors (Lipinski definition) is 0. The molecule has 0 saturated heterocycles. The molecule has 0 atom stereocenters. The van der Waals surface area contributed by atoms with Crippen molar-refractivity contribution >= 4 is 50.0 Å². The van der Waals surface area contributed by atoms with Gasteiger partial charge >= 0.3 is 6.36 Å². The van der Waals surface area contributed by atoms with Gasteiger partial charge in [-0.3, -0.25) is 0 Å². The third-order valence-corrected chi connectivity index (χ3v) is 3.19. The molecule has 1 aromatic carbocycles. The van der Waals surface area contributed by atoms with E-state index in [1.807, 2.05) is 0 Å². The van der Waals surface area contributed by atoms with E-state index in [4.69, 9.17) is 23.2 Å². The molecule has 19 heavy (non-hydrogen) atoms. The molecule has 1 aromatic heterocycles. The van der Waals surface area contributed by atoms with Gasteiger partial charge in [0.1, 0.15) is 16.4 Å². The third-order valence-electron chi connectivity index (χ3n) is 1.99. The van der Waals surface area contributed by atoms with E-state index in [1.165, 1.54) is 0 Å². The summed E-state index contributed by atoms with van der Waals surface area (Å²) in [6.45, 7) is 0. The van der Waals surface area contributed by atoms with Crippen LogP contribution in [-0.4, -0.2) is 16.3 Å². The first-order valence-corrected chi connectivity index (χ1v) is 6.00. The SMILES string of the molecule is Fc1c(Br)c(OC(F)(F)F)cc2c(Cl)nc(Cl)nc12. The summed E-state index contributed by atoms with van der Waals surface area (Å²) in [6.07, 6.45) is -4.97. The zero-order chi connectivity index (χ0) is 14.4. The summed E-state index contributed by atoms with van der Waals surface area (Å²) in [5.41, 5.74) is -0.314. The molecule has 0 N–H and O–H groups in total. The maximum absolute atomic E-state index is 13.9. The van der Waals surface area contributed by atoms with Crippen LogP contribution in [0.1, 0.15) is 0 Å². The maximum atomic E-state index is 13.9. The topological polar surface area (TPSA) is 35.0 Å². The molecule has 10 heteroatoms. The van der Waals surface area contributed by atoms with Gasteiger partial charge in [-0.25, -0.2) is 14.4 Å². The fraction of sp³-hybridized carbons (Fsp3) is 0.111. The number of fused-ring (bicyclic) bond motifs is 1. The molecule has 102 valence electrons. The van der Waals surface area contributed by atoms with Crippen molar-refractivity contribution in [1.82, 2.24) is 9.97 Å². The molecule has 0 aliphatic rings. The lowest BCUT2D eigenvalue weighted by molar-refractivity contribution is -0.274. The lowest BCUT2D eigenvalue weighted by atomic mass is 10.2. The van der Waals surface area contributed by atoms with Gasteiger partial charge in [0.05, 0.1) is 4.47 Å². The van der Waals surface area contributed by atoms with Gasteiger partial charge in [0.25, 0.3) is 0 Å². The summed E-state index contributed by atoms with van der Waals surface area (Å²) in [4.78, 5) is 7.07. The minimum Gasteiger partial charge on any atom is -0.404 e. The maximum Gasteiger partial charge on any atom is 0.573 e. The first kappa shape index (κ1) is 14.5. The molecule has 1 heterocycles. The molecule has 0 spiro atoms. The monoisotopic (exact) mass is 378 g/mol. The molecule has 2 rings (SSSR count). The van der Waals surface area contributed by atoms with E-state index in [-0.39, 0.29) is 21.3 Å². The van der Waals surface area contributed by atoms with Crippen LogP contribution < -0.4 is 4.74 Å². The number of aromatic nitrogens is 2. The Morgan fingerprint density at radius 2 is 1.84 bits per heavy atom. The van der Waals surface area contributed by atoms with Crippen molar-refractivity contribution in [3.8, 4) is 5.75 Å². The summed E-state index contributed by atoms with van der Waals surface area (Å²) in [7, 11) is 0. The second-order valence-corrected chi connectivity index (χ2v) is 4.72. The molecule has 0 aliphatic carbocycles. The number of rotatable bonds is 1. The molecule has 0 aliphatic heterocycles.